The summed E-state index contributed by atoms with van der Waals surface area (Å²) in [6.07, 6.45) is 2.51. The molecule has 0 unspecified atom stereocenters. The van der Waals surface area contributed by atoms with Gasteiger partial charge in [0.25, 0.3) is 0 Å². The summed E-state index contributed by atoms with van der Waals surface area (Å²) in [5, 5.41) is 10.5. The first-order valence-corrected chi connectivity index (χ1v) is 6.54. The second-order valence-electron chi connectivity index (χ2n) is 5.75. The summed E-state index contributed by atoms with van der Waals surface area (Å²) in [5.41, 5.74) is 1.31. The fraction of sp³-hybridized carbons (Fsp3) is 0.571. The van der Waals surface area contributed by atoms with Crippen LogP contribution in [-0.4, -0.2) is 23.1 Å². The molecule has 0 aliphatic carbocycles. The van der Waals surface area contributed by atoms with E-state index in [9.17, 15) is 5.11 Å². The molecule has 0 spiro atoms. The van der Waals surface area contributed by atoms with Crippen LogP contribution in [0, 0.1) is 5.41 Å². The van der Waals surface area contributed by atoms with Crippen molar-refractivity contribution in [1.82, 2.24) is 4.90 Å². The molecule has 2 rings (SSSR count). The smallest absolute Gasteiger partial charge is 0.120 e. The van der Waals surface area contributed by atoms with Crippen molar-refractivity contribution in [3.05, 3.63) is 28.8 Å². The quantitative estimate of drug-likeness (QED) is 0.869. The first-order chi connectivity index (χ1) is 7.96. The van der Waals surface area contributed by atoms with E-state index < -0.39 is 0 Å². The number of phenolic OH excluding ortho intramolecular Hbond substituents is 1. The van der Waals surface area contributed by atoms with Gasteiger partial charge in [-0.25, -0.2) is 0 Å². The highest BCUT2D eigenvalue weighted by Crippen LogP contribution is 2.31. The molecule has 1 aromatic rings. The van der Waals surface area contributed by atoms with Crippen LogP contribution in [0.25, 0.3) is 0 Å². The zero-order valence-electron chi connectivity index (χ0n) is 10.5. The molecule has 1 aliphatic heterocycles. The van der Waals surface area contributed by atoms with Gasteiger partial charge >= 0.3 is 0 Å². The van der Waals surface area contributed by atoms with Crippen LogP contribution in [0.2, 0.25) is 5.02 Å². The second kappa shape index (κ2) is 4.87. The molecule has 2 nitrogen and oxygen atoms in total. The molecule has 1 saturated heterocycles. The topological polar surface area (TPSA) is 23.5 Å². The molecule has 1 aromatic carbocycles. The van der Waals surface area contributed by atoms with E-state index in [0.29, 0.717) is 16.2 Å². The Balaban J connectivity index is 2.07. The maximum atomic E-state index is 9.81. The van der Waals surface area contributed by atoms with Gasteiger partial charge in [-0.05, 0) is 43.0 Å². The molecule has 1 fully saturated rings. The number of benzene rings is 1. The van der Waals surface area contributed by atoms with Crippen LogP contribution in [0.15, 0.2) is 18.2 Å². The van der Waals surface area contributed by atoms with Crippen LogP contribution in [0.3, 0.4) is 0 Å². The molecule has 94 valence electrons. The van der Waals surface area contributed by atoms with E-state index in [2.05, 4.69) is 18.7 Å². The first kappa shape index (κ1) is 12.7. The van der Waals surface area contributed by atoms with Crippen molar-refractivity contribution in [2.45, 2.75) is 33.2 Å². The summed E-state index contributed by atoms with van der Waals surface area (Å²) in [6.45, 7) is 7.58. The molecule has 0 saturated carbocycles. The number of hydrogen-bond acceptors (Lipinski definition) is 2. The number of piperidine rings is 1. The lowest BCUT2D eigenvalue weighted by Crippen LogP contribution is -2.39. The van der Waals surface area contributed by atoms with Crippen LogP contribution >= 0.6 is 11.6 Å². The number of likely N-dealkylation sites (tertiary alicyclic amines) is 1. The molecule has 0 aromatic heterocycles. The monoisotopic (exact) mass is 253 g/mol. The third-order valence-corrected chi connectivity index (χ3v) is 3.65. The lowest BCUT2D eigenvalue weighted by Gasteiger charge is -2.38. The van der Waals surface area contributed by atoms with Crippen LogP contribution in [0.5, 0.6) is 5.75 Å². The summed E-state index contributed by atoms with van der Waals surface area (Å²) in [6, 6.07) is 5.26. The number of phenols is 1. The predicted octanol–water partition coefficient (Wildman–Crippen LogP) is 3.67. The number of halogens is 1. The number of aromatic hydroxyl groups is 1. The van der Waals surface area contributed by atoms with Gasteiger partial charge in [-0.15, -0.1) is 0 Å². The lowest BCUT2D eigenvalue weighted by atomic mass is 9.84. The highest BCUT2D eigenvalue weighted by atomic mass is 35.5. The van der Waals surface area contributed by atoms with Crippen molar-refractivity contribution in [3.8, 4) is 5.75 Å². The Morgan fingerprint density at radius 2 is 2.18 bits per heavy atom. The van der Waals surface area contributed by atoms with Gasteiger partial charge in [-0.3, -0.25) is 4.90 Å². The van der Waals surface area contributed by atoms with Gasteiger partial charge in [-0.1, -0.05) is 25.4 Å². The molecule has 0 bridgehead atoms. The second-order valence-corrected chi connectivity index (χ2v) is 6.19. The van der Waals surface area contributed by atoms with Crippen molar-refractivity contribution in [3.63, 3.8) is 0 Å². The van der Waals surface area contributed by atoms with Gasteiger partial charge in [0.1, 0.15) is 5.75 Å². The van der Waals surface area contributed by atoms with E-state index in [1.54, 1.807) is 12.1 Å². The van der Waals surface area contributed by atoms with Crippen molar-refractivity contribution < 1.29 is 5.11 Å². The average Bonchev–Trinajstić information content (AvgIpc) is 2.22. The molecular weight excluding hydrogens is 234 g/mol. The van der Waals surface area contributed by atoms with E-state index in [4.69, 9.17) is 11.6 Å². The standard InChI is InChI=1S/C14H20ClNO/c1-14(2)6-3-7-16(10-14)9-11-8-12(15)4-5-13(11)17/h4-5,8,17H,3,6-7,9-10H2,1-2H3. The van der Waals surface area contributed by atoms with E-state index >= 15 is 0 Å². The largest absolute Gasteiger partial charge is 0.508 e. The maximum Gasteiger partial charge on any atom is 0.120 e. The van der Waals surface area contributed by atoms with Gasteiger partial charge < -0.3 is 5.11 Å². The minimum Gasteiger partial charge on any atom is -0.508 e. The van der Waals surface area contributed by atoms with E-state index in [1.807, 2.05) is 6.07 Å². The highest BCUT2D eigenvalue weighted by Gasteiger charge is 2.26. The Hall–Kier alpha value is -0.730. The van der Waals surface area contributed by atoms with Gasteiger partial charge in [-0.2, -0.15) is 0 Å². The highest BCUT2D eigenvalue weighted by molar-refractivity contribution is 6.30. The van der Waals surface area contributed by atoms with Crippen molar-refractivity contribution in [1.29, 1.82) is 0 Å². The molecule has 3 heteroatoms. The Morgan fingerprint density at radius 3 is 2.88 bits per heavy atom. The van der Waals surface area contributed by atoms with Crippen molar-refractivity contribution in [2.24, 2.45) is 5.41 Å². The molecule has 1 aliphatic rings. The van der Waals surface area contributed by atoms with Gasteiger partial charge in [0.15, 0.2) is 0 Å². The van der Waals surface area contributed by atoms with Crippen LogP contribution < -0.4 is 0 Å². The Kier molecular flexibility index (Phi) is 3.64. The van der Waals surface area contributed by atoms with E-state index in [0.717, 1.165) is 25.2 Å². The molecule has 17 heavy (non-hydrogen) atoms. The lowest BCUT2D eigenvalue weighted by molar-refractivity contribution is 0.111. The summed E-state index contributed by atoms with van der Waals surface area (Å²) in [5.74, 6) is 0.345. The van der Waals surface area contributed by atoms with Crippen molar-refractivity contribution >= 4 is 11.6 Å². The fourth-order valence-electron chi connectivity index (χ4n) is 2.60. The molecule has 0 atom stereocenters. The fourth-order valence-corrected chi connectivity index (χ4v) is 2.80. The third kappa shape index (κ3) is 3.36. The molecule has 0 radical (unpaired) electrons. The Morgan fingerprint density at radius 1 is 1.41 bits per heavy atom. The first-order valence-electron chi connectivity index (χ1n) is 6.16. The molecule has 1 N–H and O–H groups in total. The summed E-state index contributed by atoms with van der Waals surface area (Å²) >= 11 is 5.96. The van der Waals surface area contributed by atoms with E-state index in [1.165, 1.54) is 12.8 Å². The average molecular weight is 254 g/mol. The Labute approximate surface area is 108 Å². The molecular formula is C14H20ClNO. The minimum absolute atomic E-state index is 0.345. The van der Waals surface area contributed by atoms with Crippen molar-refractivity contribution in [2.75, 3.05) is 13.1 Å². The predicted molar refractivity (Wildman–Crippen MR) is 71.4 cm³/mol. The zero-order valence-corrected chi connectivity index (χ0v) is 11.3. The number of rotatable bonds is 2. The number of nitrogens with zero attached hydrogens (tertiary/aromatic N) is 1. The van der Waals surface area contributed by atoms with Crippen LogP contribution in [0.4, 0.5) is 0 Å². The van der Waals surface area contributed by atoms with E-state index in [-0.39, 0.29) is 0 Å². The van der Waals surface area contributed by atoms with Crippen LogP contribution in [-0.2, 0) is 6.54 Å². The Bertz CT molecular complexity index is 403. The SMILES string of the molecule is CC1(C)CCCN(Cc2cc(Cl)ccc2O)C1. The van der Waals surface area contributed by atoms with Gasteiger partial charge in [0, 0.05) is 23.7 Å². The van der Waals surface area contributed by atoms with Crippen LogP contribution in [0.1, 0.15) is 32.3 Å². The number of hydrogen-bond donors (Lipinski definition) is 1. The van der Waals surface area contributed by atoms with Gasteiger partial charge in [0.05, 0.1) is 0 Å². The summed E-state index contributed by atoms with van der Waals surface area (Å²) in [7, 11) is 0. The molecule has 1 heterocycles. The minimum atomic E-state index is 0.345. The zero-order chi connectivity index (χ0) is 12.5. The van der Waals surface area contributed by atoms with Gasteiger partial charge in [0.2, 0.25) is 0 Å². The summed E-state index contributed by atoms with van der Waals surface area (Å²) < 4.78 is 0. The normalized spacial score (nSPS) is 20.4. The summed E-state index contributed by atoms with van der Waals surface area (Å²) in [4.78, 5) is 2.40. The maximum absolute atomic E-state index is 9.81. The molecule has 0 amide bonds. The third-order valence-electron chi connectivity index (χ3n) is 3.42.